The third-order valence-corrected chi connectivity index (χ3v) is 8.88. The van der Waals surface area contributed by atoms with Gasteiger partial charge in [0.2, 0.25) is 10.0 Å². The van der Waals surface area contributed by atoms with E-state index in [4.69, 9.17) is 0 Å². The van der Waals surface area contributed by atoms with Crippen LogP contribution in [0.1, 0.15) is 23.2 Å². The van der Waals surface area contributed by atoms with Gasteiger partial charge in [0.15, 0.2) is 9.84 Å². The van der Waals surface area contributed by atoms with Crippen LogP contribution in [0.5, 0.6) is 0 Å². The van der Waals surface area contributed by atoms with Gasteiger partial charge in [-0.25, -0.2) is 30.0 Å². The second kappa shape index (κ2) is 8.00. The molecular formula is C18H20N2O7S3. The molecule has 0 aromatic heterocycles. The van der Waals surface area contributed by atoms with Gasteiger partial charge < -0.3 is 0 Å². The molecule has 1 aliphatic rings. The van der Waals surface area contributed by atoms with E-state index in [0.29, 0.717) is 19.4 Å². The highest BCUT2D eigenvalue weighted by Gasteiger charge is 2.27. The molecule has 1 heterocycles. The second-order valence-electron chi connectivity index (χ2n) is 6.82. The van der Waals surface area contributed by atoms with Gasteiger partial charge in [0, 0.05) is 18.4 Å². The molecule has 0 aliphatic carbocycles. The third kappa shape index (κ3) is 4.82. The maximum Gasteiger partial charge on any atom is 0.265 e. The first-order chi connectivity index (χ1) is 13.9. The minimum Gasteiger partial charge on any atom is -0.270 e. The molecule has 0 unspecified atom stereocenters. The van der Waals surface area contributed by atoms with E-state index in [2.05, 4.69) is 0 Å². The number of nitrogens with one attached hydrogen (secondary N) is 1. The van der Waals surface area contributed by atoms with Gasteiger partial charge in [0.1, 0.15) is 0 Å². The zero-order chi connectivity index (χ0) is 22.2. The summed E-state index contributed by atoms with van der Waals surface area (Å²) in [4.78, 5) is 12.2. The van der Waals surface area contributed by atoms with Crippen LogP contribution in [0.3, 0.4) is 0 Å². The quantitative estimate of drug-likeness (QED) is 0.689. The zero-order valence-corrected chi connectivity index (χ0v) is 18.4. The van der Waals surface area contributed by atoms with Crippen LogP contribution in [-0.4, -0.2) is 49.7 Å². The molecule has 30 heavy (non-hydrogen) atoms. The second-order valence-corrected chi connectivity index (χ2v) is 12.5. The van der Waals surface area contributed by atoms with Crippen molar-refractivity contribution in [2.75, 3.05) is 22.9 Å². The summed E-state index contributed by atoms with van der Waals surface area (Å²) in [5.41, 5.74) is 0.266. The predicted octanol–water partition coefficient (Wildman–Crippen LogP) is 1.14. The Morgan fingerprint density at radius 2 is 1.60 bits per heavy atom. The van der Waals surface area contributed by atoms with Crippen LogP contribution < -0.4 is 9.03 Å². The van der Waals surface area contributed by atoms with E-state index in [1.165, 1.54) is 28.6 Å². The van der Waals surface area contributed by atoms with Gasteiger partial charge in [-0.15, -0.1) is 0 Å². The van der Waals surface area contributed by atoms with Gasteiger partial charge in [-0.3, -0.25) is 9.10 Å². The Labute approximate surface area is 175 Å². The molecule has 0 atom stereocenters. The fraction of sp³-hybridized carbons (Fsp3) is 0.278. The van der Waals surface area contributed by atoms with E-state index in [1.54, 1.807) is 0 Å². The highest BCUT2D eigenvalue weighted by Crippen LogP contribution is 2.24. The van der Waals surface area contributed by atoms with Gasteiger partial charge in [0.25, 0.3) is 15.9 Å². The van der Waals surface area contributed by atoms with Crippen molar-refractivity contribution in [3.63, 3.8) is 0 Å². The summed E-state index contributed by atoms with van der Waals surface area (Å²) in [5, 5.41) is 0. The third-order valence-electron chi connectivity index (χ3n) is 4.53. The van der Waals surface area contributed by atoms with Gasteiger partial charge in [0.05, 0.1) is 21.2 Å². The first-order valence-electron chi connectivity index (χ1n) is 8.88. The molecule has 1 saturated heterocycles. The topological polar surface area (TPSA) is 135 Å². The predicted molar refractivity (Wildman–Crippen MR) is 111 cm³/mol. The molecule has 1 N–H and O–H groups in total. The fourth-order valence-electron chi connectivity index (χ4n) is 2.99. The molecule has 12 heteroatoms. The summed E-state index contributed by atoms with van der Waals surface area (Å²) in [6.07, 6.45) is 2.25. The monoisotopic (exact) mass is 472 g/mol. The average Bonchev–Trinajstić information content (AvgIpc) is 2.67. The van der Waals surface area contributed by atoms with E-state index in [0.717, 1.165) is 30.5 Å². The Morgan fingerprint density at radius 1 is 0.967 bits per heavy atom. The summed E-state index contributed by atoms with van der Waals surface area (Å²) in [7, 11) is -11.2. The van der Waals surface area contributed by atoms with Crippen molar-refractivity contribution in [1.82, 2.24) is 4.72 Å². The summed E-state index contributed by atoms with van der Waals surface area (Å²) in [5.74, 6) is -0.917. The molecule has 3 rings (SSSR count). The van der Waals surface area contributed by atoms with Crippen molar-refractivity contribution >= 4 is 41.5 Å². The molecule has 0 spiro atoms. The first kappa shape index (κ1) is 22.2. The molecule has 0 saturated carbocycles. The number of benzene rings is 2. The van der Waals surface area contributed by atoms with Crippen LogP contribution >= 0.6 is 0 Å². The van der Waals surface area contributed by atoms with Crippen LogP contribution in [0.25, 0.3) is 0 Å². The Morgan fingerprint density at radius 3 is 2.20 bits per heavy atom. The maximum atomic E-state index is 12.5. The lowest BCUT2D eigenvalue weighted by Gasteiger charge is -2.28. The fourth-order valence-corrected chi connectivity index (χ4v) is 6.22. The number of nitrogens with zero attached hydrogens (tertiary/aromatic N) is 1. The minimum atomic E-state index is -4.26. The molecule has 1 aliphatic heterocycles. The number of amides is 1. The molecule has 2 aromatic carbocycles. The highest BCUT2D eigenvalue weighted by molar-refractivity contribution is 7.92. The number of hydrogen-bond acceptors (Lipinski definition) is 7. The van der Waals surface area contributed by atoms with Crippen LogP contribution in [0, 0.1) is 0 Å². The van der Waals surface area contributed by atoms with E-state index in [-0.39, 0.29) is 26.8 Å². The van der Waals surface area contributed by atoms with Crippen molar-refractivity contribution in [1.29, 1.82) is 0 Å². The Hall–Kier alpha value is -2.44. The van der Waals surface area contributed by atoms with Gasteiger partial charge in [-0.05, 0) is 55.3 Å². The molecule has 1 amide bonds. The molecular weight excluding hydrogens is 452 g/mol. The summed E-state index contributed by atoms with van der Waals surface area (Å²) < 4.78 is 75.6. The number of sulfonamides is 2. The van der Waals surface area contributed by atoms with Gasteiger partial charge >= 0.3 is 0 Å². The average molecular weight is 473 g/mol. The molecule has 162 valence electrons. The van der Waals surface area contributed by atoms with Crippen molar-refractivity contribution in [3.05, 3.63) is 54.1 Å². The lowest BCUT2D eigenvalue weighted by atomic mass is 10.2. The van der Waals surface area contributed by atoms with Crippen molar-refractivity contribution < 1.29 is 30.0 Å². The van der Waals surface area contributed by atoms with Crippen LogP contribution in [0.2, 0.25) is 0 Å². The van der Waals surface area contributed by atoms with E-state index in [9.17, 15) is 30.0 Å². The van der Waals surface area contributed by atoms with E-state index in [1.807, 2.05) is 4.72 Å². The largest absolute Gasteiger partial charge is 0.270 e. The molecule has 1 fully saturated rings. The Kier molecular flexibility index (Phi) is 5.94. The lowest BCUT2D eigenvalue weighted by molar-refractivity contribution is 0.0981. The van der Waals surface area contributed by atoms with Crippen LogP contribution in [-0.2, 0) is 29.9 Å². The summed E-state index contributed by atoms with van der Waals surface area (Å²) in [6.45, 7) is 0.290. The molecule has 2 aromatic rings. The highest BCUT2D eigenvalue weighted by atomic mass is 32.2. The zero-order valence-electron chi connectivity index (χ0n) is 16.0. The number of sulfone groups is 1. The Bertz CT molecular complexity index is 1280. The molecule has 9 nitrogen and oxygen atoms in total. The molecule has 0 bridgehead atoms. The number of carbonyl (C=O) groups is 1. The summed E-state index contributed by atoms with van der Waals surface area (Å²) >= 11 is 0. The smallest absolute Gasteiger partial charge is 0.265 e. The normalized spacial score (nSPS) is 16.8. The standard InChI is InChI=1S/C18H20N2O7S3/c1-28(22,23)16-7-9-17(10-8-16)30(26,27)19-18(21)14-5-4-6-15(13-14)20-11-2-3-12-29(20,24)25/h4-10,13H,2-3,11-12H2,1H3,(H,19,21). The molecule has 0 radical (unpaired) electrons. The van der Waals surface area contributed by atoms with Gasteiger partial charge in [-0.1, -0.05) is 6.07 Å². The number of hydrogen-bond donors (Lipinski definition) is 1. The minimum absolute atomic E-state index is 0.0152. The van der Waals surface area contributed by atoms with Crippen molar-refractivity contribution in [3.8, 4) is 0 Å². The number of carbonyl (C=O) groups excluding carboxylic acids is 1. The lowest BCUT2D eigenvalue weighted by Crippen LogP contribution is -2.38. The summed E-state index contributed by atoms with van der Waals surface area (Å²) in [6, 6.07) is 10.1. The first-order valence-corrected chi connectivity index (χ1v) is 13.9. The van der Waals surface area contributed by atoms with Crippen molar-refractivity contribution in [2.45, 2.75) is 22.6 Å². The van der Waals surface area contributed by atoms with Gasteiger partial charge in [-0.2, -0.15) is 0 Å². The van der Waals surface area contributed by atoms with Crippen molar-refractivity contribution in [2.24, 2.45) is 0 Å². The van der Waals surface area contributed by atoms with E-state index < -0.39 is 35.8 Å². The van der Waals surface area contributed by atoms with Crippen LogP contribution in [0.15, 0.2) is 58.3 Å². The Balaban J connectivity index is 1.83. The number of rotatable bonds is 5. The maximum absolute atomic E-state index is 12.5. The van der Waals surface area contributed by atoms with E-state index >= 15 is 0 Å². The number of anilines is 1. The SMILES string of the molecule is CS(=O)(=O)c1ccc(S(=O)(=O)NC(=O)c2cccc(N3CCCCS3(=O)=O)c2)cc1. The van der Waals surface area contributed by atoms with Crippen LogP contribution in [0.4, 0.5) is 5.69 Å².